The Morgan fingerprint density at radius 2 is 1.72 bits per heavy atom. The highest BCUT2D eigenvalue weighted by molar-refractivity contribution is 5.74. The molecule has 3 aromatic rings. The highest BCUT2D eigenvalue weighted by Gasteiger charge is 2.15. The lowest BCUT2D eigenvalue weighted by Crippen LogP contribution is -2.36. The van der Waals surface area contributed by atoms with E-state index in [0.717, 1.165) is 61.3 Å². The summed E-state index contributed by atoms with van der Waals surface area (Å²) in [6.07, 6.45) is 1.03. The van der Waals surface area contributed by atoms with Crippen molar-refractivity contribution in [2.45, 2.75) is 20.3 Å². The van der Waals surface area contributed by atoms with Crippen LogP contribution in [0.3, 0.4) is 0 Å². The maximum atomic E-state index is 5.49. The van der Waals surface area contributed by atoms with Gasteiger partial charge in [-0.25, -0.2) is 4.98 Å². The fraction of sp³-hybridized carbons (Fsp3) is 0.304. The van der Waals surface area contributed by atoms with Crippen molar-refractivity contribution in [2.24, 2.45) is 0 Å². The second kappa shape index (κ2) is 8.92. The van der Waals surface area contributed by atoms with Gasteiger partial charge in [-0.1, -0.05) is 31.2 Å². The summed E-state index contributed by atoms with van der Waals surface area (Å²) in [5.41, 5.74) is 5.37. The Morgan fingerprint density at radius 1 is 0.966 bits per heavy atom. The zero-order valence-electron chi connectivity index (χ0n) is 17.0. The van der Waals surface area contributed by atoms with Crippen LogP contribution in [0, 0.1) is 6.92 Å². The molecule has 0 spiro atoms. The molecule has 0 bridgehead atoms. The van der Waals surface area contributed by atoms with E-state index in [4.69, 9.17) is 4.74 Å². The number of hydrogen-bond acceptors (Lipinski definition) is 6. The molecule has 0 aliphatic carbocycles. The van der Waals surface area contributed by atoms with Gasteiger partial charge in [0, 0.05) is 30.5 Å². The van der Waals surface area contributed by atoms with Gasteiger partial charge in [-0.05, 0) is 43.2 Å². The second-order valence-corrected chi connectivity index (χ2v) is 7.14. The van der Waals surface area contributed by atoms with Gasteiger partial charge < -0.3 is 20.3 Å². The van der Waals surface area contributed by atoms with Gasteiger partial charge in [-0.3, -0.25) is 0 Å². The maximum Gasteiger partial charge on any atom is 0.229 e. The zero-order chi connectivity index (χ0) is 20.1. The number of rotatable bonds is 6. The summed E-state index contributed by atoms with van der Waals surface area (Å²) in [5, 5.41) is 6.79. The Bertz CT molecular complexity index is 952. The number of nitrogens with zero attached hydrogens (tertiary/aromatic N) is 3. The smallest absolute Gasteiger partial charge is 0.229 e. The first-order valence-electron chi connectivity index (χ1n) is 10.1. The molecule has 6 heteroatoms. The van der Waals surface area contributed by atoms with Crippen LogP contribution < -0.4 is 15.5 Å². The SMILES string of the molecule is CCc1ccc(Nc2cc(C)nc(Nc3ccccc3N3CCOCC3)n2)cc1. The van der Waals surface area contributed by atoms with E-state index in [9.17, 15) is 0 Å². The summed E-state index contributed by atoms with van der Waals surface area (Å²) in [6, 6.07) is 18.6. The van der Waals surface area contributed by atoms with Crippen LogP contribution in [0.4, 0.5) is 28.8 Å². The molecular weight excluding hydrogens is 362 g/mol. The average molecular weight is 390 g/mol. The Morgan fingerprint density at radius 3 is 2.48 bits per heavy atom. The molecule has 2 aromatic carbocycles. The maximum absolute atomic E-state index is 5.49. The zero-order valence-corrected chi connectivity index (χ0v) is 17.0. The Labute approximate surface area is 172 Å². The number of benzene rings is 2. The van der Waals surface area contributed by atoms with E-state index in [1.807, 2.05) is 19.1 Å². The quantitative estimate of drug-likeness (QED) is 0.639. The van der Waals surface area contributed by atoms with Crippen LogP contribution in [-0.2, 0) is 11.2 Å². The predicted molar refractivity (Wildman–Crippen MR) is 119 cm³/mol. The van der Waals surface area contributed by atoms with Crippen molar-refractivity contribution in [3.05, 3.63) is 65.9 Å². The topological polar surface area (TPSA) is 62.3 Å². The minimum atomic E-state index is 0.582. The number of aryl methyl sites for hydroxylation is 2. The van der Waals surface area contributed by atoms with Crippen molar-refractivity contribution in [3.8, 4) is 0 Å². The van der Waals surface area contributed by atoms with E-state index in [2.05, 4.69) is 74.9 Å². The molecule has 1 aliphatic rings. The van der Waals surface area contributed by atoms with Crippen molar-refractivity contribution in [1.29, 1.82) is 0 Å². The van der Waals surface area contributed by atoms with Gasteiger partial charge in [0.25, 0.3) is 0 Å². The molecule has 2 N–H and O–H groups in total. The predicted octanol–water partition coefficient (Wildman–Crippen LogP) is 4.67. The fourth-order valence-electron chi connectivity index (χ4n) is 3.44. The van der Waals surface area contributed by atoms with Gasteiger partial charge in [-0.2, -0.15) is 4.98 Å². The molecular formula is C23H27N5O. The Balaban J connectivity index is 1.55. The molecule has 1 fully saturated rings. The molecule has 0 saturated carbocycles. The van der Waals surface area contributed by atoms with Crippen molar-refractivity contribution >= 4 is 28.8 Å². The molecule has 1 aromatic heterocycles. The monoisotopic (exact) mass is 389 g/mol. The van der Waals surface area contributed by atoms with Crippen molar-refractivity contribution in [2.75, 3.05) is 41.8 Å². The lowest BCUT2D eigenvalue weighted by Gasteiger charge is -2.30. The van der Waals surface area contributed by atoms with Crippen LogP contribution in [-0.4, -0.2) is 36.3 Å². The van der Waals surface area contributed by atoms with E-state index in [1.54, 1.807) is 0 Å². The van der Waals surface area contributed by atoms with Gasteiger partial charge in [0.1, 0.15) is 5.82 Å². The standard InChI is InChI=1S/C23H27N5O/c1-3-18-8-10-19(11-9-18)25-22-16-17(2)24-23(27-22)26-20-6-4-5-7-21(20)28-12-14-29-15-13-28/h4-11,16H,3,12-15H2,1-2H3,(H2,24,25,26,27). The minimum Gasteiger partial charge on any atom is -0.378 e. The summed E-state index contributed by atoms with van der Waals surface area (Å²) in [5.74, 6) is 1.35. The number of nitrogens with one attached hydrogen (secondary N) is 2. The molecule has 6 nitrogen and oxygen atoms in total. The van der Waals surface area contributed by atoms with Gasteiger partial charge in [0.15, 0.2) is 0 Å². The lowest BCUT2D eigenvalue weighted by molar-refractivity contribution is 0.123. The van der Waals surface area contributed by atoms with Gasteiger partial charge >= 0.3 is 0 Å². The summed E-state index contributed by atoms with van der Waals surface area (Å²) >= 11 is 0. The fourth-order valence-corrected chi connectivity index (χ4v) is 3.44. The Hall–Kier alpha value is -3.12. The van der Waals surface area contributed by atoms with Crippen LogP contribution in [0.1, 0.15) is 18.2 Å². The number of anilines is 5. The number of hydrogen-bond donors (Lipinski definition) is 2. The van der Waals surface area contributed by atoms with Crippen molar-refractivity contribution in [3.63, 3.8) is 0 Å². The molecule has 2 heterocycles. The van der Waals surface area contributed by atoms with Gasteiger partial charge in [0.2, 0.25) is 5.95 Å². The third-order valence-electron chi connectivity index (χ3n) is 4.99. The molecule has 0 radical (unpaired) electrons. The highest BCUT2D eigenvalue weighted by Crippen LogP contribution is 2.29. The summed E-state index contributed by atoms with van der Waals surface area (Å²) in [6.45, 7) is 7.40. The largest absolute Gasteiger partial charge is 0.378 e. The Kier molecular flexibility index (Phi) is 5.91. The first-order chi connectivity index (χ1) is 14.2. The molecule has 1 saturated heterocycles. The third kappa shape index (κ3) is 4.84. The van der Waals surface area contributed by atoms with Crippen LogP contribution in [0.5, 0.6) is 0 Å². The molecule has 29 heavy (non-hydrogen) atoms. The summed E-state index contributed by atoms with van der Waals surface area (Å²) in [4.78, 5) is 11.6. The van der Waals surface area contributed by atoms with E-state index in [0.29, 0.717) is 5.95 Å². The second-order valence-electron chi connectivity index (χ2n) is 7.14. The first kappa shape index (κ1) is 19.2. The number of para-hydroxylation sites is 2. The van der Waals surface area contributed by atoms with Crippen molar-refractivity contribution < 1.29 is 4.74 Å². The van der Waals surface area contributed by atoms with Crippen LogP contribution in [0.2, 0.25) is 0 Å². The van der Waals surface area contributed by atoms with E-state index in [1.165, 1.54) is 5.56 Å². The first-order valence-corrected chi connectivity index (χ1v) is 10.1. The normalized spacial score (nSPS) is 13.9. The summed E-state index contributed by atoms with van der Waals surface area (Å²) in [7, 11) is 0. The number of morpholine rings is 1. The van der Waals surface area contributed by atoms with E-state index in [-0.39, 0.29) is 0 Å². The molecule has 0 atom stereocenters. The van der Waals surface area contributed by atoms with Crippen LogP contribution in [0.15, 0.2) is 54.6 Å². The molecule has 4 rings (SSSR count). The highest BCUT2D eigenvalue weighted by atomic mass is 16.5. The minimum absolute atomic E-state index is 0.582. The van der Waals surface area contributed by atoms with Gasteiger partial charge in [0.05, 0.1) is 24.6 Å². The van der Waals surface area contributed by atoms with Gasteiger partial charge in [-0.15, -0.1) is 0 Å². The molecule has 0 unspecified atom stereocenters. The lowest BCUT2D eigenvalue weighted by atomic mass is 10.1. The molecule has 150 valence electrons. The van der Waals surface area contributed by atoms with E-state index >= 15 is 0 Å². The molecule has 1 aliphatic heterocycles. The number of aromatic nitrogens is 2. The van der Waals surface area contributed by atoms with E-state index < -0.39 is 0 Å². The van der Waals surface area contributed by atoms with Crippen LogP contribution in [0.25, 0.3) is 0 Å². The number of ether oxygens (including phenoxy) is 1. The molecule has 0 amide bonds. The average Bonchev–Trinajstić information content (AvgIpc) is 2.75. The third-order valence-corrected chi connectivity index (χ3v) is 4.99. The van der Waals surface area contributed by atoms with Crippen molar-refractivity contribution in [1.82, 2.24) is 9.97 Å². The summed E-state index contributed by atoms with van der Waals surface area (Å²) < 4.78 is 5.49. The van der Waals surface area contributed by atoms with Crippen LogP contribution >= 0.6 is 0 Å².